The van der Waals surface area contributed by atoms with Gasteiger partial charge in [-0.05, 0) is 88.7 Å². The van der Waals surface area contributed by atoms with Crippen molar-refractivity contribution >= 4 is 11.2 Å². The zero-order valence-corrected chi connectivity index (χ0v) is 19.6. The largest absolute Gasteiger partial charge is 0.361 e. The van der Waals surface area contributed by atoms with Crippen LogP contribution in [0.25, 0.3) is 11.2 Å². The van der Waals surface area contributed by atoms with Crippen molar-refractivity contribution in [3.05, 3.63) is 52.7 Å². The van der Waals surface area contributed by atoms with E-state index >= 15 is 0 Å². The smallest absolute Gasteiger partial charge is 0.161 e. The van der Waals surface area contributed by atoms with Gasteiger partial charge in [0.15, 0.2) is 5.65 Å². The third-order valence-corrected chi connectivity index (χ3v) is 6.38. The molecule has 1 fully saturated rings. The number of ether oxygens (including phenoxy) is 1. The van der Waals surface area contributed by atoms with Crippen molar-refractivity contribution in [1.82, 2.24) is 24.4 Å². The van der Waals surface area contributed by atoms with Crippen LogP contribution < -0.4 is 0 Å². The second-order valence-electron chi connectivity index (χ2n) is 9.02. The van der Waals surface area contributed by atoms with Crippen LogP contribution in [0.2, 0.25) is 0 Å². The molecule has 1 unspecified atom stereocenters. The first-order chi connectivity index (χ1) is 14.9. The van der Waals surface area contributed by atoms with Gasteiger partial charge in [0.25, 0.3) is 0 Å². The summed E-state index contributed by atoms with van der Waals surface area (Å²) < 4.78 is 7.78. The topological polar surface area (TPSA) is 56.1 Å². The van der Waals surface area contributed by atoms with Gasteiger partial charge in [0, 0.05) is 36.8 Å². The van der Waals surface area contributed by atoms with E-state index in [0.717, 1.165) is 60.9 Å². The molecule has 1 aliphatic rings. The normalized spacial score (nSPS) is 18.2. The van der Waals surface area contributed by atoms with E-state index < -0.39 is 0 Å². The Labute approximate surface area is 185 Å². The van der Waals surface area contributed by atoms with Crippen molar-refractivity contribution in [3.8, 4) is 0 Å². The number of likely N-dealkylation sites (tertiary alicyclic amines) is 1. The van der Waals surface area contributed by atoms with Gasteiger partial charge < -0.3 is 4.74 Å². The van der Waals surface area contributed by atoms with Gasteiger partial charge in [0.2, 0.25) is 0 Å². The lowest BCUT2D eigenvalue weighted by molar-refractivity contribution is 0.0784. The van der Waals surface area contributed by atoms with Crippen molar-refractivity contribution < 1.29 is 4.74 Å². The number of pyridine rings is 2. The molecule has 31 heavy (non-hydrogen) atoms. The van der Waals surface area contributed by atoms with Crippen molar-refractivity contribution in [1.29, 1.82) is 0 Å². The number of hydrogen-bond donors (Lipinski definition) is 0. The molecular weight excluding hydrogens is 386 g/mol. The maximum atomic E-state index is 5.72. The molecule has 1 aliphatic heterocycles. The summed E-state index contributed by atoms with van der Waals surface area (Å²) in [6, 6.07) is 7.02. The van der Waals surface area contributed by atoms with Crippen LogP contribution in [-0.4, -0.2) is 44.1 Å². The first-order valence-electron chi connectivity index (χ1n) is 11.5. The van der Waals surface area contributed by atoms with E-state index in [1.54, 1.807) is 0 Å². The number of fused-ring (bicyclic) bond motifs is 1. The van der Waals surface area contributed by atoms with Gasteiger partial charge in [-0.3, -0.25) is 14.5 Å². The van der Waals surface area contributed by atoms with Crippen molar-refractivity contribution in [3.63, 3.8) is 0 Å². The van der Waals surface area contributed by atoms with Crippen LogP contribution in [0.1, 0.15) is 61.1 Å². The van der Waals surface area contributed by atoms with Gasteiger partial charge in [-0.1, -0.05) is 6.92 Å². The Morgan fingerprint density at radius 1 is 1.13 bits per heavy atom. The van der Waals surface area contributed by atoms with E-state index in [-0.39, 0.29) is 0 Å². The van der Waals surface area contributed by atoms with Crippen LogP contribution in [0.3, 0.4) is 0 Å². The summed E-state index contributed by atoms with van der Waals surface area (Å²) in [4.78, 5) is 16.6. The van der Waals surface area contributed by atoms with Gasteiger partial charge in [0.05, 0.1) is 0 Å². The first-order valence-corrected chi connectivity index (χ1v) is 11.5. The van der Waals surface area contributed by atoms with Crippen LogP contribution in [0.4, 0.5) is 0 Å². The molecule has 6 nitrogen and oxygen atoms in total. The number of imidazole rings is 1. The van der Waals surface area contributed by atoms with Crippen molar-refractivity contribution in [2.75, 3.05) is 19.7 Å². The molecule has 3 aromatic rings. The monoisotopic (exact) mass is 421 g/mol. The third-order valence-electron chi connectivity index (χ3n) is 6.38. The number of aryl methyl sites for hydroxylation is 3. The Morgan fingerprint density at radius 3 is 2.65 bits per heavy atom. The zero-order chi connectivity index (χ0) is 22.0. The van der Waals surface area contributed by atoms with Gasteiger partial charge >= 0.3 is 0 Å². The van der Waals surface area contributed by atoms with E-state index in [1.165, 1.54) is 17.5 Å². The summed E-state index contributed by atoms with van der Waals surface area (Å²) in [6.45, 7) is 14.1. The van der Waals surface area contributed by atoms with Crippen LogP contribution in [0.5, 0.6) is 0 Å². The van der Waals surface area contributed by atoms with Gasteiger partial charge in [-0.25, -0.2) is 9.97 Å². The molecule has 0 N–H and O–H groups in total. The minimum absolute atomic E-state index is 0.338. The molecule has 2 atom stereocenters. The Balaban J connectivity index is 1.43. The number of aromatic nitrogens is 4. The highest BCUT2D eigenvalue weighted by Crippen LogP contribution is 2.30. The molecule has 1 saturated heterocycles. The van der Waals surface area contributed by atoms with Crippen LogP contribution in [0.15, 0.2) is 24.4 Å². The quantitative estimate of drug-likeness (QED) is 0.491. The SMILES string of the molecule is CCCOCn1c(C)nc2cc(C(C)N3CC[C@H](Cc4cc(C)nc(C)c4)C3)cnc21. The molecule has 0 spiro atoms. The van der Waals surface area contributed by atoms with Gasteiger partial charge in [-0.15, -0.1) is 0 Å². The highest BCUT2D eigenvalue weighted by Gasteiger charge is 2.27. The Bertz CT molecular complexity index is 1020. The fourth-order valence-corrected chi connectivity index (χ4v) is 4.79. The Hall–Kier alpha value is -2.31. The average Bonchev–Trinajstić information content (AvgIpc) is 3.30. The third kappa shape index (κ3) is 4.96. The second-order valence-corrected chi connectivity index (χ2v) is 9.02. The highest BCUT2D eigenvalue weighted by molar-refractivity contribution is 5.72. The van der Waals surface area contributed by atoms with Crippen LogP contribution >= 0.6 is 0 Å². The predicted octanol–water partition coefficient (Wildman–Crippen LogP) is 4.76. The Morgan fingerprint density at radius 2 is 1.90 bits per heavy atom. The lowest BCUT2D eigenvalue weighted by Gasteiger charge is -2.24. The molecule has 6 heteroatoms. The second kappa shape index (κ2) is 9.45. The van der Waals surface area contributed by atoms with E-state index in [9.17, 15) is 0 Å². The molecule has 0 bridgehead atoms. The molecule has 0 radical (unpaired) electrons. The minimum atomic E-state index is 0.338. The Kier molecular flexibility index (Phi) is 6.68. The predicted molar refractivity (Wildman–Crippen MR) is 124 cm³/mol. The molecule has 3 aromatic heterocycles. The molecule has 0 amide bonds. The number of rotatable bonds is 8. The van der Waals surface area contributed by atoms with Crippen molar-refractivity contribution in [2.45, 2.75) is 66.7 Å². The summed E-state index contributed by atoms with van der Waals surface area (Å²) in [5.74, 6) is 1.64. The first kappa shape index (κ1) is 21.9. The van der Waals surface area contributed by atoms with E-state index in [0.29, 0.717) is 18.7 Å². The molecular formula is C25H35N5O. The highest BCUT2D eigenvalue weighted by atomic mass is 16.5. The number of hydrogen-bond acceptors (Lipinski definition) is 5. The lowest BCUT2D eigenvalue weighted by atomic mass is 9.98. The summed E-state index contributed by atoms with van der Waals surface area (Å²) in [6.07, 6.45) is 5.40. The van der Waals surface area contributed by atoms with E-state index in [2.05, 4.69) is 60.3 Å². The zero-order valence-electron chi connectivity index (χ0n) is 19.6. The van der Waals surface area contributed by atoms with Gasteiger partial charge in [0.1, 0.15) is 18.1 Å². The van der Waals surface area contributed by atoms with E-state index in [4.69, 9.17) is 14.7 Å². The standard InChI is InChI=1S/C25H35N5O/c1-6-9-31-16-30-20(5)28-24-13-23(14-26-25(24)30)19(4)29-8-7-21(15-29)12-22-10-17(2)27-18(3)11-22/h10-11,13-14,19,21H,6-9,12,15-16H2,1-5H3/t19?,21-/m1/s1. The molecule has 0 saturated carbocycles. The molecule has 4 heterocycles. The maximum Gasteiger partial charge on any atom is 0.161 e. The molecule has 166 valence electrons. The molecule has 0 aliphatic carbocycles. The maximum absolute atomic E-state index is 5.72. The summed E-state index contributed by atoms with van der Waals surface area (Å²) in [7, 11) is 0. The summed E-state index contributed by atoms with van der Waals surface area (Å²) in [5.41, 5.74) is 6.76. The van der Waals surface area contributed by atoms with Gasteiger partial charge in [-0.2, -0.15) is 0 Å². The minimum Gasteiger partial charge on any atom is -0.361 e. The average molecular weight is 422 g/mol. The summed E-state index contributed by atoms with van der Waals surface area (Å²) in [5, 5.41) is 0. The van der Waals surface area contributed by atoms with Crippen LogP contribution in [0, 0.1) is 26.7 Å². The van der Waals surface area contributed by atoms with Crippen LogP contribution in [-0.2, 0) is 17.9 Å². The molecule has 4 rings (SSSR count). The van der Waals surface area contributed by atoms with E-state index in [1.807, 2.05) is 13.1 Å². The fraction of sp³-hybridized carbons (Fsp3) is 0.560. The molecule has 0 aromatic carbocycles. The fourth-order valence-electron chi connectivity index (χ4n) is 4.79. The summed E-state index contributed by atoms with van der Waals surface area (Å²) >= 11 is 0. The number of nitrogens with zero attached hydrogens (tertiary/aromatic N) is 5. The lowest BCUT2D eigenvalue weighted by Crippen LogP contribution is -2.25. The van der Waals surface area contributed by atoms with Crippen molar-refractivity contribution in [2.24, 2.45) is 5.92 Å².